The lowest BCUT2D eigenvalue weighted by molar-refractivity contribution is -0.126. The quantitative estimate of drug-likeness (QED) is 0.360. The molecule has 2 aromatic carbocycles. The van der Waals surface area contributed by atoms with Gasteiger partial charge in [-0.3, -0.25) is 9.79 Å². The number of halogens is 1. The molecule has 1 amide bonds. The van der Waals surface area contributed by atoms with E-state index in [9.17, 15) is 9.18 Å². The van der Waals surface area contributed by atoms with Crippen molar-refractivity contribution >= 4 is 28.8 Å². The number of hydrogen-bond donors (Lipinski definition) is 2. The number of aliphatic imine (C=N–C) groups is 1. The Bertz CT molecular complexity index is 1240. The first-order chi connectivity index (χ1) is 16.9. The van der Waals surface area contributed by atoms with Gasteiger partial charge in [0.2, 0.25) is 0 Å². The van der Waals surface area contributed by atoms with Crippen LogP contribution in [0.3, 0.4) is 0 Å². The number of nitrogens with one attached hydrogen (secondary N) is 1. The molecule has 1 aromatic heterocycles. The Hall–Kier alpha value is -4.13. The Labute approximate surface area is 205 Å². The number of para-hydroxylation sites is 1. The van der Waals surface area contributed by atoms with E-state index in [1.807, 2.05) is 57.3 Å². The van der Waals surface area contributed by atoms with Gasteiger partial charge in [-0.05, 0) is 68.9 Å². The van der Waals surface area contributed by atoms with E-state index in [-0.39, 0.29) is 11.7 Å². The first kappa shape index (κ1) is 25.5. The van der Waals surface area contributed by atoms with E-state index < -0.39 is 0 Å². The number of allylic oxidation sites excluding steroid dienone is 1. The third kappa shape index (κ3) is 7.43. The number of rotatable bonds is 5. The first-order valence-corrected chi connectivity index (χ1v) is 11.4. The molecule has 0 atom stereocenters. The molecule has 0 saturated heterocycles. The fourth-order valence-electron chi connectivity index (χ4n) is 3.45. The number of carbonyl (C=O) groups excluding carboxylic acids is 1. The third-order valence-corrected chi connectivity index (χ3v) is 5.36. The van der Waals surface area contributed by atoms with Gasteiger partial charge < -0.3 is 20.4 Å². The maximum Gasteiger partial charge on any atom is 0.257 e. The molecule has 6 nitrogen and oxygen atoms in total. The van der Waals surface area contributed by atoms with Crippen LogP contribution in [0.15, 0.2) is 105 Å². The van der Waals surface area contributed by atoms with Crippen LogP contribution in [0.4, 0.5) is 10.1 Å². The number of nitrogens with two attached hydrogens (primary N) is 1. The Morgan fingerprint density at radius 2 is 1.89 bits per heavy atom. The Balaban J connectivity index is 0.000000313. The molecule has 0 radical (unpaired) electrons. The molecule has 182 valence electrons. The number of carbonyl (C=O) groups is 1. The van der Waals surface area contributed by atoms with E-state index in [1.54, 1.807) is 23.3 Å². The third-order valence-electron chi connectivity index (χ3n) is 5.36. The van der Waals surface area contributed by atoms with Gasteiger partial charge in [0, 0.05) is 43.0 Å². The Morgan fingerprint density at radius 3 is 2.54 bits per heavy atom. The van der Waals surface area contributed by atoms with Crippen LogP contribution in [-0.4, -0.2) is 30.1 Å². The molecule has 3 aromatic rings. The predicted octanol–water partition coefficient (Wildman–Crippen LogP) is 5.82. The highest BCUT2D eigenvalue weighted by Gasteiger charge is 2.22. The van der Waals surface area contributed by atoms with Gasteiger partial charge in [-0.15, -0.1) is 0 Å². The summed E-state index contributed by atoms with van der Waals surface area (Å²) in [6.45, 7) is 7.22. The Morgan fingerprint density at radius 1 is 1.14 bits per heavy atom. The lowest BCUT2D eigenvalue weighted by Crippen LogP contribution is -2.39. The molecule has 2 heterocycles. The highest BCUT2D eigenvalue weighted by molar-refractivity contribution is 6.12. The van der Waals surface area contributed by atoms with Gasteiger partial charge in [-0.2, -0.15) is 0 Å². The molecule has 0 fully saturated rings. The highest BCUT2D eigenvalue weighted by atomic mass is 19.1. The fraction of sp³-hybridized carbons (Fsp3) is 0.214. The lowest BCUT2D eigenvalue weighted by atomic mass is 10.1. The van der Waals surface area contributed by atoms with Crippen LogP contribution in [0.25, 0.3) is 11.0 Å². The maximum absolute atomic E-state index is 12.9. The number of nitrogens with zero attached hydrogens (tertiary/aromatic N) is 2. The molecule has 1 aliphatic rings. The van der Waals surface area contributed by atoms with Crippen molar-refractivity contribution in [2.45, 2.75) is 27.2 Å². The van der Waals surface area contributed by atoms with Crippen LogP contribution in [0.5, 0.6) is 0 Å². The zero-order valence-corrected chi connectivity index (χ0v) is 20.3. The predicted molar refractivity (Wildman–Crippen MR) is 140 cm³/mol. The van der Waals surface area contributed by atoms with Gasteiger partial charge in [-0.1, -0.05) is 23.8 Å². The van der Waals surface area contributed by atoms with Crippen LogP contribution in [-0.2, 0) is 4.79 Å². The van der Waals surface area contributed by atoms with Gasteiger partial charge in [0.15, 0.2) is 0 Å². The summed E-state index contributed by atoms with van der Waals surface area (Å²) in [5, 5.41) is 4.47. The van der Waals surface area contributed by atoms with E-state index in [0.29, 0.717) is 24.4 Å². The van der Waals surface area contributed by atoms with Crippen LogP contribution >= 0.6 is 0 Å². The summed E-state index contributed by atoms with van der Waals surface area (Å²) in [7, 11) is 0. The van der Waals surface area contributed by atoms with Gasteiger partial charge in [0.1, 0.15) is 11.4 Å². The zero-order valence-electron chi connectivity index (χ0n) is 20.3. The van der Waals surface area contributed by atoms with Crippen molar-refractivity contribution < 1.29 is 13.6 Å². The second-order valence-corrected chi connectivity index (χ2v) is 8.42. The van der Waals surface area contributed by atoms with E-state index >= 15 is 0 Å². The topological polar surface area (TPSA) is 83.9 Å². The fourth-order valence-corrected chi connectivity index (χ4v) is 3.45. The molecule has 7 heteroatoms. The largest absolute Gasteiger partial charge is 0.464 e. The summed E-state index contributed by atoms with van der Waals surface area (Å²) in [6, 6.07) is 15.6. The van der Waals surface area contributed by atoms with Crippen LogP contribution in [0, 0.1) is 5.82 Å². The number of hydrogen-bond acceptors (Lipinski definition) is 5. The average molecular weight is 475 g/mol. The van der Waals surface area contributed by atoms with Gasteiger partial charge in [0.25, 0.3) is 5.91 Å². The van der Waals surface area contributed by atoms with Crippen molar-refractivity contribution in [1.82, 2.24) is 10.2 Å². The summed E-state index contributed by atoms with van der Waals surface area (Å²) in [4.78, 5) is 18.6. The minimum atomic E-state index is -0.331. The van der Waals surface area contributed by atoms with E-state index in [0.717, 1.165) is 28.7 Å². The van der Waals surface area contributed by atoms with Crippen LogP contribution in [0.2, 0.25) is 0 Å². The average Bonchev–Trinajstić information content (AvgIpc) is 3.34. The summed E-state index contributed by atoms with van der Waals surface area (Å²) >= 11 is 0. The van der Waals surface area contributed by atoms with E-state index in [2.05, 4.69) is 10.3 Å². The SMILES string of the molecule is CC(C)=CNC1=C(C)CN(C(=O)/C(C=Nc2ccc(F)cc2)=C/N)CC1.c1ccc2occc2c1. The number of benzene rings is 2. The van der Waals surface area contributed by atoms with Crippen molar-refractivity contribution in [1.29, 1.82) is 0 Å². The van der Waals surface area contributed by atoms with Gasteiger partial charge in [0.05, 0.1) is 17.5 Å². The molecule has 35 heavy (non-hydrogen) atoms. The minimum absolute atomic E-state index is 0.168. The molecule has 3 N–H and O–H groups in total. The molecular weight excluding hydrogens is 443 g/mol. The lowest BCUT2D eigenvalue weighted by Gasteiger charge is -2.30. The Kier molecular flexibility index (Phi) is 9.01. The monoisotopic (exact) mass is 474 g/mol. The van der Waals surface area contributed by atoms with Crippen LogP contribution in [0.1, 0.15) is 27.2 Å². The van der Waals surface area contributed by atoms with E-state index in [1.165, 1.54) is 30.1 Å². The standard InChI is InChI=1S/C20H25FN4O.C8H6O/c1-14(2)11-24-19-8-9-25(13-15(19)3)20(26)16(10-22)12-23-18-6-4-17(21)5-7-18;1-2-4-8-7(3-1)5-6-9-8/h4-7,10-12,24H,8-9,13,22H2,1-3H3;1-6H/b16-10+,23-12?;. The summed E-state index contributed by atoms with van der Waals surface area (Å²) in [5.74, 6) is -0.498. The highest BCUT2D eigenvalue weighted by Crippen LogP contribution is 2.18. The summed E-state index contributed by atoms with van der Waals surface area (Å²) in [5.41, 5.74) is 10.9. The first-order valence-electron chi connectivity index (χ1n) is 11.4. The normalized spacial score (nSPS) is 14.1. The van der Waals surface area contributed by atoms with Crippen molar-refractivity contribution in [3.05, 3.63) is 101 Å². The number of fused-ring (bicyclic) bond motifs is 1. The van der Waals surface area contributed by atoms with Gasteiger partial charge >= 0.3 is 0 Å². The number of amides is 1. The van der Waals surface area contributed by atoms with Crippen molar-refractivity contribution in [2.24, 2.45) is 10.7 Å². The maximum atomic E-state index is 12.9. The summed E-state index contributed by atoms with van der Waals surface area (Å²) < 4.78 is 18.1. The van der Waals surface area contributed by atoms with Crippen molar-refractivity contribution in [3.63, 3.8) is 0 Å². The number of furan rings is 1. The van der Waals surface area contributed by atoms with Crippen molar-refractivity contribution in [2.75, 3.05) is 13.1 Å². The molecule has 0 bridgehead atoms. The smallest absolute Gasteiger partial charge is 0.257 e. The minimum Gasteiger partial charge on any atom is -0.464 e. The molecule has 4 rings (SSSR count). The van der Waals surface area contributed by atoms with Gasteiger partial charge in [-0.25, -0.2) is 4.39 Å². The molecule has 0 spiro atoms. The molecule has 0 saturated carbocycles. The second kappa shape index (κ2) is 12.4. The molecule has 0 unspecified atom stereocenters. The zero-order chi connectivity index (χ0) is 25.2. The second-order valence-electron chi connectivity index (χ2n) is 8.42. The summed E-state index contributed by atoms with van der Waals surface area (Å²) in [6.07, 6.45) is 7.10. The molecule has 0 aliphatic carbocycles. The van der Waals surface area contributed by atoms with Crippen molar-refractivity contribution in [3.8, 4) is 0 Å². The molecule has 1 aliphatic heterocycles. The van der Waals surface area contributed by atoms with Crippen LogP contribution < -0.4 is 11.1 Å². The van der Waals surface area contributed by atoms with E-state index in [4.69, 9.17) is 10.2 Å². The molecular formula is C28H31FN4O2.